The highest BCUT2D eigenvalue weighted by Gasteiger charge is 2.15. The van der Waals surface area contributed by atoms with Crippen LogP contribution in [0.3, 0.4) is 0 Å². The van der Waals surface area contributed by atoms with Crippen LogP contribution in [-0.2, 0) is 9.59 Å². The number of allylic oxidation sites excluding steroid dienone is 4. The summed E-state index contributed by atoms with van der Waals surface area (Å²) < 4.78 is 0. The average molecular weight is 530 g/mol. The molecular weight excluding hydrogens is 464 g/mol. The molecule has 2 heteroatoms. The lowest BCUT2D eigenvalue weighted by Gasteiger charge is -2.05. The fourth-order valence-electron chi connectivity index (χ4n) is 5.10. The molecule has 0 amide bonds. The van der Waals surface area contributed by atoms with E-state index < -0.39 is 5.92 Å². The van der Waals surface area contributed by atoms with E-state index in [-0.39, 0.29) is 5.78 Å². The Hall–Kier alpha value is -1.18. The van der Waals surface area contributed by atoms with Gasteiger partial charge >= 0.3 is 0 Å². The van der Waals surface area contributed by atoms with Crippen molar-refractivity contribution in [3.05, 3.63) is 24.3 Å². The van der Waals surface area contributed by atoms with E-state index in [1.807, 2.05) is 12.4 Å². The van der Waals surface area contributed by atoms with Crippen molar-refractivity contribution in [2.75, 3.05) is 0 Å². The van der Waals surface area contributed by atoms with Crippen molar-refractivity contribution in [1.82, 2.24) is 0 Å². The minimum Gasteiger partial charge on any atom is -0.294 e. The largest absolute Gasteiger partial charge is 0.294 e. The standard InChI is InChI=1S/C36H65O2/c1-3-5-7-9-11-13-15-17-19-21-23-25-27-29-31-33-36(38)35(34-37)32-30-28-26-24-22-20-18-16-14-12-10-8-6-4-2/h18,20,31,33,35H,3-17,19,21-30,32H2,1-2H3/b20-18+,33-31?. The van der Waals surface area contributed by atoms with Crippen LogP contribution in [-0.4, -0.2) is 12.1 Å². The van der Waals surface area contributed by atoms with Gasteiger partial charge in [0.15, 0.2) is 5.78 Å². The second-order valence-corrected chi connectivity index (χ2v) is 11.5. The Morgan fingerprint density at radius 2 is 0.842 bits per heavy atom. The molecule has 1 atom stereocenters. The molecule has 1 radical (unpaired) electrons. The summed E-state index contributed by atoms with van der Waals surface area (Å²) in [7, 11) is 0. The first-order valence-electron chi connectivity index (χ1n) is 17.0. The zero-order chi connectivity index (χ0) is 27.8. The molecule has 0 aliphatic heterocycles. The van der Waals surface area contributed by atoms with Gasteiger partial charge in [0.1, 0.15) is 0 Å². The van der Waals surface area contributed by atoms with Crippen molar-refractivity contribution in [3.8, 4) is 0 Å². The summed E-state index contributed by atoms with van der Waals surface area (Å²) in [5.74, 6) is -0.609. The van der Waals surface area contributed by atoms with E-state index in [0.717, 1.165) is 32.1 Å². The van der Waals surface area contributed by atoms with Crippen LogP contribution in [0.2, 0.25) is 0 Å². The van der Waals surface area contributed by atoms with Gasteiger partial charge in [-0.15, -0.1) is 0 Å². The van der Waals surface area contributed by atoms with E-state index in [9.17, 15) is 9.59 Å². The fourth-order valence-corrected chi connectivity index (χ4v) is 5.10. The van der Waals surface area contributed by atoms with Crippen LogP contribution in [0.1, 0.15) is 187 Å². The number of ketones is 1. The zero-order valence-electron chi connectivity index (χ0n) is 25.8. The summed E-state index contributed by atoms with van der Waals surface area (Å²) in [6.45, 7) is 4.54. The van der Waals surface area contributed by atoms with Crippen LogP contribution >= 0.6 is 0 Å². The van der Waals surface area contributed by atoms with Crippen LogP contribution in [0.25, 0.3) is 0 Å². The molecule has 0 aromatic rings. The quantitative estimate of drug-likeness (QED) is 0.0387. The third-order valence-corrected chi connectivity index (χ3v) is 7.75. The first-order valence-corrected chi connectivity index (χ1v) is 17.0. The molecule has 0 saturated carbocycles. The molecule has 0 saturated heterocycles. The lowest BCUT2D eigenvalue weighted by atomic mass is 9.97. The smallest absolute Gasteiger partial charge is 0.209 e. The number of carbonyl (C=O) groups excluding carboxylic acids is 2. The van der Waals surface area contributed by atoms with Crippen LogP contribution < -0.4 is 0 Å². The van der Waals surface area contributed by atoms with Gasteiger partial charge in [0.05, 0.1) is 5.92 Å². The molecule has 0 fully saturated rings. The second-order valence-electron chi connectivity index (χ2n) is 11.5. The van der Waals surface area contributed by atoms with Crippen LogP contribution in [0.5, 0.6) is 0 Å². The van der Waals surface area contributed by atoms with Crippen molar-refractivity contribution < 1.29 is 9.59 Å². The third-order valence-electron chi connectivity index (χ3n) is 7.75. The Morgan fingerprint density at radius 1 is 0.500 bits per heavy atom. The molecule has 0 spiro atoms. The molecule has 221 valence electrons. The van der Waals surface area contributed by atoms with Gasteiger partial charge in [0.25, 0.3) is 0 Å². The highest BCUT2D eigenvalue weighted by atomic mass is 16.1. The van der Waals surface area contributed by atoms with E-state index >= 15 is 0 Å². The molecule has 0 N–H and O–H groups in total. The Kier molecular flexibility index (Phi) is 31.0. The summed E-state index contributed by atoms with van der Waals surface area (Å²) >= 11 is 0. The van der Waals surface area contributed by atoms with Crippen molar-refractivity contribution in [2.24, 2.45) is 5.92 Å². The van der Waals surface area contributed by atoms with Gasteiger partial charge < -0.3 is 0 Å². The van der Waals surface area contributed by atoms with Gasteiger partial charge in [0, 0.05) is 0 Å². The van der Waals surface area contributed by atoms with Gasteiger partial charge in [-0.25, -0.2) is 0 Å². The van der Waals surface area contributed by atoms with Crippen molar-refractivity contribution in [1.29, 1.82) is 0 Å². The predicted octanol–water partition coefficient (Wildman–Crippen LogP) is 12.0. The van der Waals surface area contributed by atoms with Crippen LogP contribution in [0.15, 0.2) is 24.3 Å². The zero-order valence-corrected chi connectivity index (χ0v) is 25.8. The van der Waals surface area contributed by atoms with Gasteiger partial charge in [-0.05, 0) is 51.0 Å². The lowest BCUT2D eigenvalue weighted by molar-refractivity contribution is -0.116. The Bertz CT molecular complexity index is 548. The Morgan fingerprint density at radius 3 is 1.24 bits per heavy atom. The minimum absolute atomic E-state index is 0.0488. The first-order chi connectivity index (χ1) is 18.8. The third kappa shape index (κ3) is 27.8. The number of rotatable bonds is 31. The average Bonchev–Trinajstić information content (AvgIpc) is 2.93. The van der Waals surface area contributed by atoms with Crippen LogP contribution in [0.4, 0.5) is 0 Å². The van der Waals surface area contributed by atoms with Crippen molar-refractivity contribution in [2.45, 2.75) is 187 Å². The van der Waals surface area contributed by atoms with Crippen molar-refractivity contribution >= 4 is 12.1 Å². The Balaban J connectivity index is 3.54. The SMILES string of the molecule is CCCCCCCC/C=C/CCCCCCC([C]=O)C(=O)C=CCCCCCCCCCCCCCCC. The van der Waals surface area contributed by atoms with Gasteiger partial charge in [0.2, 0.25) is 6.29 Å². The molecule has 0 aromatic heterocycles. The monoisotopic (exact) mass is 529 g/mol. The molecule has 0 aromatic carbocycles. The molecular formula is C36H65O2. The van der Waals surface area contributed by atoms with E-state index in [4.69, 9.17) is 0 Å². The van der Waals surface area contributed by atoms with Gasteiger partial charge in [-0.2, -0.15) is 0 Å². The highest BCUT2D eigenvalue weighted by molar-refractivity contribution is 6.00. The molecule has 38 heavy (non-hydrogen) atoms. The maximum absolute atomic E-state index is 12.3. The van der Waals surface area contributed by atoms with E-state index in [2.05, 4.69) is 26.0 Å². The summed E-state index contributed by atoms with van der Waals surface area (Å²) in [5, 5.41) is 0. The second kappa shape index (κ2) is 32.0. The normalized spacial score (nSPS) is 12.6. The topological polar surface area (TPSA) is 34.1 Å². The molecule has 0 aliphatic carbocycles. The van der Waals surface area contributed by atoms with E-state index in [0.29, 0.717) is 6.42 Å². The summed E-state index contributed by atoms with van der Waals surface area (Å²) in [6.07, 6.45) is 44.5. The van der Waals surface area contributed by atoms with Crippen LogP contribution in [0, 0.1) is 5.92 Å². The van der Waals surface area contributed by atoms with E-state index in [1.165, 1.54) is 135 Å². The molecule has 2 nitrogen and oxygen atoms in total. The maximum Gasteiger partial charge on any atom is 0.209 e. The molecule has 0 bridgehead atoms. The molecule has 0 rings (SSSR count). The first kappa shape index (κ1) is 36.8. The van der Waals surface area contributed by atoms with E-state index in [1.54, 1.807) is 6.08 Å². The number of hydrogen-bond donors (Lipinski definition) is 0. The summed E-state index contributed by atoms with van der Waals surface area (Å²) in [4.78, 5) is 23.6. The minimum atomic E-state index is -0.560. The number of hydrogen-bond acceptors (Lipinski definition) is 2. The van der Waals surface area contributed by atoms with Gasteiger partial charge in [-0.1, -0.05) is 160 Å². The number of carbonyl (C=O) groups is 1. The van der Waals surface area contributed by atoms with Crippen molar-refractivity contribution in [3.63, 3.8) is 0 Å². The summed E-state index contributed by atoms with van der Waals surface area (Å²) in [6, 6.07) is 0. The molecule has 0 heterocycles. The lowest BCUT2D eigenvalue weighted by Crippen LogP contribution is -2.13. The number of unbranched alkanes of at least 4 members (excludes halogenated alkanes) is 23. The molecule has 1 unspecified atom stereocenters. The Labute approximate surface area is 238 Å². The highest BCUT2D eigenvalue weighted by Crippen LogP contribution is 2.15. The fraction of sp³-hybridized carbons (Fsp3) is 0.833. The van der Waals surface area contributed by atoms with Gasteiger partial charge in [-0.3, -0.25) is 9.59 Å². The molecule has 0 aliphatic rings. The summed E-state index contributed by atoms with van der Waals surface area (Å²) in [5.41, 5.74) is 0. The predicted molar refractivity (Wildman–Crippen MR) is 168 cm³/mol. The maximum atomic E-state index is 12.3.